The lowest BCUT2D eigenvalue weighted by Crippen LogP contribution is -2.23. The Kier molecular flexibility index (Phi) is 4.49. The predicted molar refractivity (Wildman–Crippen MR) is 41.1 cm³/mol. The van der Waals surface area contributed by atoms with Gasteiger partial charge in [-0.1, -0.05) is 6.08 Å². The van der Waals surface area contributed by atoms with E-state index >= 15 is 0 Å². The highest BCUT2D eigenvalue weighted by Crippen LogP contribution is 1.97. The summed E-state index contributed by atoms with van der Waals surface area (Å²) in [6.07, 6.45) is 1.90. The standard InChI is InChI=1S/C7H13NO3/c1-5(7(10)11)2-3-6(8)4-9/h2,6,9H,3-4,8H2,1H3,(H,10,11)/b5-2+. The molecule has 0 saturated carbocycles. The van der Waals surface area contributed by atoms with Crippen LogP contribution in [0.3, 0.4) is 0 Å². The van der Waals surface area contributed by atoms with Crippen LogP contribution in [-0.2, 0) is 4.79 Å². The highest BCUT2D eigenvalue weighted by atomic mass is 16.4. The highest BCUT2D eigenvalue weighted by Gasteiger charge is 2.01. The van der Waals surface area contributed by atoms with E-state index in [9.17, 15) is 4.79 Å². The van der Waals surface area contributed by atoms with E-state index in [1.54, 1.807) is 0 Å². The third-order valence-electron chi connectivity index (χ3n) is 1.30. The maximum Gasteiger partial charge on any atom is 0.330 e. The molecule has 0 rings (SSSR count). The van der Waals surface area contributed by atoms with Crippen LogP contribution < -0.4 is 5.73 Å². The highest BCUT2D eigenvalue weighted by molar-refractivity contribution is 5.85. The Morgan fingerprint density at radius 3 is 2.64 bits per heavy atom. The number of nitrogens with two attached hydrogens (primary N) is 1. The van der Waals surface area contributed by atoms with Crippen molar-refractivity contribution in [2.45, 2.75) is 19.4 Å². The van der Waals surface area contributed by atoms with Gasteiger partial charge in [0.25, 0.3) is 0 Å². The molecule has 0 heterocycles. The van der Waals surface area contributed by atoms with Crippen LogP contribution >= 0.6 is 0 Å². The molecule has 4 nitrogen and oxygen atoms in total. The number of hydrogen-bond donors (Lipinski definition) is 3. The molecule has 0 aliphatic carbocycles. The topological polar surface area (TPSA) is 83.5 Å². The quantitative estimate of drug-likeness (QED) is 0.493. The van der Waals surface area contributed by atoms with Crippen LogP contribution in [0.2, 0.25) is 0 Å². The van der Waals surface area contributed by atoms with Crippen LogP contribution in [0.1, 0.15) is 13.3 Å². The summed E-state index contributed by atoms with van der Waals surface area (Å²) in [6, 6.07) is -0.357. The van der Waals surface area contributed by atoms with Crippen molar-refractivity contribution >= 4 is 5.97 Å². The predicted octanol–water partition coefficient (Wildman–Crippen LogP) is -0.273. The number of hydrogen-bond acceptors (Lipinski definition) is 3. The van der Waals surface area contributed by atoms with Crippen molar-refractivity contribution in [1.29, 1.82) is 0 Å². The Morgan fingerprint density at radius 1 is 1.73 bits per heavy atom. The number of carboxylic acids is 1. The Balaban J connectivity index is 3.82. The fraction of sp³-hybridized carbons (Fsp3) is 0.571. The lowest BCUT2D eigenvalue weighted by atomic mass is 10.2. The molecule has 0 spiro atoms. The van der Waals surface area contributed by atoms with Crippen molar-refractivity contribution < 1.29 is 15.0 Å². The largest absolute Gasteiger partial charge is 0.478 e. The van der Waals surface area contributed by atoms with Gasteiger partial charge in [-0.05, 0) is 13.3 Å². The fourth-order valence-corrected chi connectivity index (χ4v) is 0.490. The van der Waals surface area contributed by atoms with E-state index in [-0.39, 0.29) is 18.2 Å². The maximum absolute atomic E-state index is 10.2. The Morgan fingerprint density at radius 2 is 2.27 bits per heavy atom. The minimum absolute atomic E-state index is 0.122. The molecule has 0 radical (unpaired) electrons. The molecule has 64 valence electrons. The number of carboxylic acid groups (broad SMARTS) is 1. The van der Waals surface area contributed by atoms with Crippen LogP contribution in [0, 0.1) is 0 Å². The van der Waals surface area contributed by atoms with E-state index in [0.717, 1.165) is 0 Å². The summed E-state index contributed by atoms with van der Waals surface area (Å²) >= 11 is 0. The van der Waals surface area contributed by atoms with Crippen molar-refractivity contribution in [2.75, 3.05) is 6.61 Å². The Labute approximate surface area is 65.3 Å². The summed E-state index contributed by atoms with van der Waals surface area (Å²) < 4.78 is 0. The Bertz CT molecular complexity index is 165. The van der Waals surface area contributed by atoms with Gasteiger partial charge < -0.3 is 15.9 Å². The summed E-state index contributed by atoms with van der Waals surface area (Å²) in [5, 5.41) is 16.9. The van der Waals surface area contributed by atoms with E-state index in [2.05, 4.69) is 0 Å². The van der Waals surface area contributed by atoms with Crippen LogP contribution in [0.25, 0.3) is 0 Å². The molecule has 4 N–H and O–H groups in total. The fourth-order valence-electron chi connectivity index (χ4n) is 0.490. The number of aliphatic carboxylic acids is 1. The zero-order valence-electron chi connectivity index (χ0n) is 6.45. The first-order valence-electron chi connectivity index (χ1n) is 3.34. The van der Waals surface area contributed by atoms with Gasteiger partial charge in [0.15, 0.2) is 0 Å². The summed E-state index contributed by atoms with van der Waals surface area (Å²) in [7, 11) is 0. The monoisotopic (exact) mass is 159 g/mol. The number of aliphatic hydroxyl groups excluding tert-OH is 1. The minimum Gasteiger partial charge on any atom is -0.478 e. The number of rotatable bonds is 4. The zero-order valence-corrected chi connectivity index (χ0v) is 6.45. The lowest BCUT2D eigenvalue weighted by Gasteiger charge is -2.02. The van der Waals surface area contributed by atoms with Crippen LogP contribution in [0.15, 0.2) is 11.6 Å². The van der Waals surface area contributed by atoms with Crippen LogP contribution in [0.4, 0.5) is 0 Å². The molecule has 0 aromatic rings. The van der Waals surface area contributed by atoms with E-state index < -0.39 is 5.97 Å². The zero-order chi connectivity index (χ0) is 8.85. The number of carbonyl (C=O) groups is 1. The van der Waals surface area contributed by atoms with Crippen molar-refractivity contribution in [3.8, 4) is 0 Å². The smallest absolute Gasteiger partial charge is 0.330 e. The molecule has 0 aromatic heterocycles. The molecule has 1 unspecified atom stereocenters. The molecule has 11 heavy (non-hydrogen) atoms. The molecule has 0 aliphatic heterocycles. The lowest BCUT2D eigenvalue weighted by molar-refractivity contribution is -0.132. The first kappa shape index (κ1) is 10.1. The van der Waals surface area contributed by atoms with Gasteiger partial charge in [0.2, 0.25) is 0 Å². The average molecular weight is 159 g/mol. The van der Waals surface area contributed by atoms with E-state index in [1.807, 2.05) is 0 Å². The third kappa shape index (κ3) is 4.52. The molecule has 0 bridgehead atoms. The third-order valence-corrected chi connectivity index (χ3v) is 1.30. The summed E-state index contributed by atoms with van der Waals surface area (Å²) in [4.78, 5) is 10.2. The van der Waals surface area contributed by atoms with E-state index in [1.165, 1.54) is 13.0 Å². The van der Waals surface area contributed by atoms with Gasteiger partial charge in [0, 0.05) is 11.6 Å². The summed E-state index contributed by atoms with van der Waals surface area (Å²) in [5.41, 5.74) is 5.59. The van der Waals surface area contributed by atoms with Gasteiger partial charge >= 0.3 is 5.97 Å². The van der Waals surface area contributed by atoms with Crippen molar-refractivity contribution in [3.63, 3.8) is 0 Å². The molecule has 4 heteroatoms. The molecule has 0 aliphatic rings. The van der Waals surface area contributed by atoms with E-state index in [0.29, 0.717) is 6.42 Å². The molecule has 0 saturated heterocycles. The van der Waals surface area contributed by atoms with E-state index in [4.69, 9.17) is 15.9 Å². The first-order chi connectivity index (χ1) is 5.07. The van der Waals surface area contributed by atoms with Gasteiger partial charge in [0.1, 0.15) is 0 Å². The van der Waals surface area contributed by atoms with Crippen LogP contribution in [-0.4, -0.2) is 28.8 Å². The normalized spacial score (nSPS) is 14.6. The Hall–Kier alpha value is -0.870. The van der Waals surface area contributed by atoms with Gasteiger partial charge in [-0.3, -0.25) is 0 Å². The van der Waals surface area contributed by atoms with Crippen LogP contribution in [0.5, 0.6) is 0 Å². The molecular formula is C7H13NO3. The second-order valence-electron chi connectivity index (χ2n) is 2.37. The average Bonchev–Trinajstić information content (AvgIpc) is 1.99. The minimum atomic E-state index is -0.949. The SMILES string of the molecule is C/C(=C\CC(N)CO)C(=O)O. The van der Waals surface area contributed by atoms with Gasteiger partial charge in [-0.15, -0.1) is 0 Å². The molecule has 1 atom stereocenters. The molecular weight excluding hydrogens is 146 g/mol. The van der Waals surface area contributed by atoms with Crippen molar-refractivity contribution in [1.82, 2.24) is 0 Å². The first-order valence-corrected chi connectivity index (χ1v) is 3.34. The summed E-state index contributed by atoms with van der Waals surface area (Å²) in [5.74, 6) is -0.949. The second-order valence-corrected chi connectivity index (χ2v) is 2.37. The molecule has 0 amide bonds. The number of aliphatic hydroxyl groups is 1. The summed E-state index contributed by atoms with van der Waals surface area (Å²) in [6.45, 7) is 1.37. The van der Waals surface area contributed by atoms with Gasteiger partial charge in [0.05, 0.1) is 6.61 Å². The maximum atomic E-state index is 10.2. The van der Waals surface area contributed by atoms with Crippen molar-refractivity contribution in [2.24, 2.45) is 5.73 Å². The van der Waals surface area contributed by atoms with Gasteiger partial charge in [-0.2, -0.15) is 0 Å². The second kappa shape index (κ2) is 4.87. The molecule has 0 fully saturated rings. The van der Waals surface area contributed by atoms with Gasteiger partial charge in [-0.25, -0.2) is 4.79 Å². The van der Waals surface area contributed by atoms with Crippen molar-refractivity contribution in [3.05, 3.63) is 11.6 Å². The molecule has 0 aromatic carbocycles.